The van der Waals surface area contributed by atoms with Crippen molar-refractivity contribution in [3.8, 4) is 0 Å². The highest BCUT2D eigenvalue weighted by Gasteiger charge is 2.15. The first kappa shape index (κ1) is 9.46. The molecule has 72 valence electrons. The molecule has 0 aliphatic heterocycles. The summed E-state index contributed by atoms with van der Waals surface area (Å²) in [6.45, 7) is 1.68. The van der Waals surface area contributed by atoms with Crippen molar-refractivity contribution in [3.63, 3.8) is 0 Å². The van der Waals surface area contributed by atoms with Gasteiger partial charge in [-0.3, -0.25) is 4.79 Å². The summed E-state index contributed by atoms with van der Waals surface area (Å²) in [5.74, 6) is -0.581. The molecule has 0 saturated carbocycles. The first-order valence-corrected chi connectivity index (χ1v) is 3.65. The largest absolute Gasteiger partial charge is 0.392 e. The molecule has 1 amide bonds. The second-order valence-electron chi connectivity index (χ2n) is 2.56. The van der Waals surface area contributed by atoms with Crippen molar-refractivity contribution in [2.75, 3.05) is 12.3 Å². The summed E-state index contributed by atoms with van der Waals surface area (Å²) < 4.78 is 4.22. The van der Waals surface area contributed by atoms with E-state index in [4.69, 9.17) is 10.8 Å². The van der Waals surface area contributed by atoms with Crippen LogP contribution < -0.4 is 11.1 Å². The van der Waals surface area contributed by atoms with Crippen LogP contribution >= 0.6 is 0 Å². The first-order chi connectivity index (χ1) is 6.11. The Morgan fingerprint density at radius 2 is 2.46 bits per heavy atom. The van der Waals surface area contributed by atoms with Crippen LogP contribution in [0.4, 0.5) is 5.82 Å². The van der Waals surface area contributed by atoms with E-state index in [-0.39, 0.29) is 18.1 Å². The molecule has 0 spiro atoms. The van der Waals surface area contributed by atoms with E-state index >= 15 is 0 Å². The van der Waals surface area contributed by atoms with E-state index in [0.717, 1.165) is 0 Å². The van der Waals surface area contributed by atoms with Crippen LogP contribution in [0.3, 0.4) is 0 Å². The molecule has 0 fully saturated rings. The Morgan fingerprint density at radius 3 is 2.92 bits per heavy atom. The van der Waals surface area contributed by atoms with Crippen LogP contribution in [0.1, 0.15) is 17.4 Å². The SMILES string of the molecule is C[C@H](O)CNC(=O)c1nonc1N. The van der Waals surface area contributed by atoms with Crippen LogP contribution in [0.15, 0.2) is 4.63 Å². The van der Waals surface area contributed by atoms with Gasteiger partial charge in [0.15, 0.2) is 0 Å². The van der Waals surface area contributed by atoms with Gasteiger partial charge in [-0.15, -0.1) is 0 Å². The predicted octanol–water partition coefficient (Wildman–Crippen LogP) is -1.24. The maximum absolute atomic E-state index is 11.2. The number of hydrogen-bond acceptors (Lipinski definition) is 6. The van der Waals surface area contributed by atoms with Crippen LogP contribution in [0.5, 0.6) is 0 Å². The summed E-state index contributed by atoms with van der Waals surface area (Å²) in [5.41, 5.74) is 5.19. The summed E-state index contributed by atoms with van der Waals surface area (Å²) in [7, 11) is 0. The molecular weight excluding hydrogens is 176 g/mol. The molecular formula is C6H10N4O3. The Kier molecular flexibility index (Phi) is 2.80. The molecule has 0 aromatic carbocycles. The summed E-state index contributed by atoms with van der Waals surface area (Å²) in [6.07, 6.45) is -0.620. The minimum absolute atomic E-state index is 0.0666. The van der Waals surface area contributed by atoms with Crippen LogP contribution in [-0.2, 0) is 0 Å². The van der Waals surface area contributed by atoms with Crippen molar-refractivity contribution in [1.29, 1.82) is 0 Å². The van der Waals surface area contributed by atoms with Crippen LogP contribution in [0.25, 0.3) is 0 Å². The summed E-state index contributed by atoms with van der Waals surface area (Å²) in [4.78, 5) is 11.2. The van der Waals surface area contributed by atoms with Gasteiger partial charge in [-0.2, -0.15) is 0 Å². The molecule has 13 heavy (non-hydrogen) atoms. The molecule has 1 aromatic heterocycles. The normalized spacial score (nSPS) is 12.5. The summed E-state index contributed by atoms with van der Waals surface area (Å²) >= 11 is 0. The Balaban J connectivity index is 2.54. The number of aliphatic hydroxyl groups excluding tert-OH is 1. The summed E-state index contributed by atoms with van der Waals surface area (Å²) in [6, 6.07) is 0. The number of nitrogen functional groups attached to an aromatic ring is 1. The van der Waals surface area contributed by atoms with Crippen molar-refractivity contribution in [1.82, 2.24) is 15.6 Å². The fourth-order valence-corrected chi connectivity index (χ4v) is 0.677. The Labute approximate surface area is 73.9 Å². The molecule has 0 unspecified atom stereocenters. The molecule has 0 bridgehead atoms. The molecule has 0 aliphatic rings. The van der Waals surface area contributed by atoms with Crippen molar-refractivity contribution in [3.05, 3.63) is 5.69 Å². The van der Waals surface area contributed by atoms with Gasteiger partial charge in [0.2, 0.25) is 11.5 Å². The zero-order valence-corrected chi connectivity index (χ0v) is 7.02. The quantitative estimate of drug-likeness (QED) is 0.544. The number of nitrogens with zero attached hydrogens (tertiary/aromatic N) is 2. The fourth-order valence-electron chi connectivity index (χ4n) is 0.677. The number of carbonyl (C=O) groups is 1. The smallest absolute Gasteiger partial charge is 0.277 e. The highest BCUT2D eigenvalue weighted by Crippen LogP contribution is 2.02. The van der Waals surface area contributed by atoms with Gasteiger partial charge in [-0.05, 0) is 17.2 Å². The van der Waals surface area contributed by atoms with Gasteiger partial charge >= 0.3 is 0 Å². The van der Waals surface area contributed by atoms with E-state index < -0.39 is 12.0 Å². The zero-order valence-electron chi connectivity index (χ0n) is 7.02. The molecule has 1 rings (SSSR count). The molecule has 1 aromatic rings. The lowest BCUT2D eigenvalue weighted by Gasteiger charge is -2.04. The molecule has 0 saturated heterocycles. The van der Waals surface area contributed by atoms with Gasteiger partial charge < -0.3 is 16.2 Å². The average molecular weight is 186 g/mol. The lowest BCUT2D eigenvalue weighted by atomic mass is 10.3. The number of nitrogens with two attached hydrogens (primary N) is 1. The molecule has 4 N–H and O–H groups in total. The molecule has 1 atom stereocenters. The van der Waals surface area contributed by atoms with Gasteiger partial charge in [-0.25, -0.2) is 4.63 Å². The zero-order chi connectivity index (χ0) is 9.84. The number of nitrogens with one attached hydrogen (secondary N) is 1. The number of amides is 1. The first-order valence-electron chi connectivity index (χ1n) is 3.65. The fraction of sp³-hybridized carbons (Fsp3) is 0.500. The van der Waals surface area contributed by atoms with Crippen LogP contribution in [0, 0.1) is 0 Å². The van der Waals surface area contributed by atoms with E-state index in [1.807, 2.05) is 0 Å². The third-order valence-electron chi connectivity index (χ3n) is 1.29. The monoisotopic (exact) mass is 186 g/mol. The Morgan fingerprint density at radius 1 is 1.77 bits per heavy atom. The van der Waals surface area contributed by atoms with Gasteiger partial charge in [-0.1, -0.05) is 0 Å². The number of aliphatic hydroxyl groups is 1. The minimum Gasteiger partial charge on any atom is -0.392 e. The van der Waals surface area contributed by atoms with E-state index in [0.29, 0.717) is 0 Å². The van der Waals surface area contributed by atoms with E-state index in [1.165, 1.54) is 0 Å². The topological polar surface area (TPSA) is 114 Å². The molecule has 7 nitrogen and oxygen atoms in total. The lowest BCUT2D eigenvalue weighted by molar-refractivity contribution is 0.0915. The minimum atomic E-state index is -0.620. The Bertz CT molecular complexity index is 296. The van der Waals surface area contributed by atoms with Crippen molar-refractivity contribution in [2.24, 2.45) is 0 Å². The molecule has 0 aliphatic carbocycles. The highest BCUT2D eigenvalue weighted by atomic mass is 16.6. The van der Waals surface area contributed by atoms with Crippen LogP contribution in [-0.4, -0.2) is 34.0 Å². The van der Waals surface area contributed by atoms with E-state index in [1.54, 1.807) is 6.92 Å². The Hall–Kier alpha value is -1.63. The molecule has 0 radical (unpaired) electrons. The summed E-state index contributed by atoms with van der Waals surface area (Å²) in [5, 5.41) is 17.8. The third kappa shape index (κ3) is 2.41. The standard InChI is InChI=1S/C6H10N4O3/c1-3(11)2-8-6(12)4-5(7)10-13-9-4/h3,11H,2H2,1H3,(H2,7,10)(H,8,12)/t3-/m0/s1. The second-order valence-corrected chi connectivity index (χ2v) is 2.56. The van der Waals surface area contributed by atoms with Crippen molar-refractivity contribution >= 4 is 11.7 Å². The maximum Gasteiger partial charge on any atom is 0.277 e. The van der Waals surface area contributed by atoms with Gasteiger partial charge in [0.1, 0.15) is 0 Å². The predicted molar refractivity (Wildman–Crippen MR) is 42.7 cm³/mol. The molecule has 1 heterocycles. The van der Waals surface area contributed by atoms with E-state index in [9.17, 15) is 4.79 Å². The van der Waals surface area contributed by atoms with Crippen molar-refractivity contribution in [2.45, 2.75) is 13.0 Å². The maximum atomic E-state index is 11.2. The number of anilines is 1. The van der Waals surface area contributed by atoms with Gasteiger partial charge in [0.25, 0.3) is 5.91 Å². The second kappa shape index (κ2) is 3.85. The van der Waals surface area contributed by atoms with E-state index in [2.05, 4.69) is 20.3 Å². The van der Waals surface area contributed by atoms with Crippen molar-refractivity contribution < 1.29 is 14.5 Å². The van der Waals surface area contributed by atoms with Gasteiger partial charge in [0, 0.05) is 6.54 Å². The van der Waals surface area contributed by atoms with Crippen LogP contribution in [0.2, 0.25) is 0 Å². The third-order valence-corrected chi connectivity index (χ3v) is 1.29. The number of carbonyl (C=O) groups excluding carboxylic acids is 1. The number of hydrogen-bond donors (Lipinski definition) is 3. The lowest BCUT2D eigenvalue weighted by Crippen LogP contribution is -2.31. The number of aromatic nitrogens is 2. The molecule has 7 heteroatoms. The average Bonchev–Trinajstić information content (AvgIpc) is 2.47. The van der Waals surface area contributed by atoms with Gasteiger partial charge in [0.05, 0.1) is 6.10 Å². The number of rotatable bonds is 3. The highest BCUT2D eigenvalue weighted by molar-refractivity contribution is 5.95.